The molecule has 0 aliphatic heterocycles. The van der Waals surface area contributed by atoms with Crippen molar-refractivity contribution in [1.82, 2.24) is 24.5 Å². The highest BCUT2D eigenvalue weighted by atomic mass is 32.2. The Kier molecular flexibility index (Phi) is 4.28. The molecule has 9 heteroatoms. The van der Waals surface area contributed by atoms with Crippen LogP contribution in [0.2, 0.25) is 0 Å². The molecule has 24 heavy (non-hydrogen) atoms. The van der Waals surface area contributed by atoms with Gasteiger partial charge in [0.25, 0.3) is 5.56 Å². The van der Waals surface area contributed by atoms with Gasteiger partial charge in [0.2, 0.25) is 10.0 Å². The van der Waals surface area contributed by atoms with Crippen LogP contribution in [0.15, 0.2) is 53.8 Å². The van der Waals surface area contributed by atoms with Gasteiger partial charge in [-0.2, -0.15) is 0 Å². The Bertz CT molecular complexity index is 1010. The monoisotopic (exact) mass is 345 g/mol. The highest BCUT2D eigenvalue weighted by molar-refractivity contribution is 7.88. The molecule has 0 aliphatic carbocycles. The van der Waals surface area contributed by atoms with Crippen LogP contribution in [0.5, 0.6) is 0 Å². The number of aromatic nitrogens is 4. The van der Waals surface area contributed by atoms with Gasteiger partial charge in [-0.15, -0.1) is 0 Å². The number of nitrogens with zero attached hydrogens (tertiary/aromatic N) is 3. The van der Waals surface area contributed by atoms with E-state index in [0.717, 1.165) is 6.26 Å². The quantitative estimate of drug-likeness (QED) is 0.706. The summed E-state index contributed by atoms with van der Waals surface area (Å²) in [5, 5.41) is 2.86. The zero-order valence-electron chi connectivity index (χ0n) is 12.8. The van der Waals surface area contributed by atoms with E-state index in [0.29, 0.717) is 22.5 Å². The van der Waals surface area contributed by atoms with E-state index in [2.05, 4.69) is 19.8 Å². The van der Waals surface area contributed by atoms with Crippen LogP contribution in [0.1, 0.15) is 5.56 Å². The van der Waals surface area contributed by atoms with Crippen molar-refractivity contribution in [2.24, 2.45) is 0 Å². The van der Waals surface area contributed by atoms with Crippen molar-refractivity contribution in [2.45, 2.75) is 6.54 Å². The zero-order chi connectivity index (χ0) is 17.2. The lowest BCUT2D eigenvalue weighted by Crippen LogP contribution is -2.22. The number of H-pyrrole nitrogens is 1. The molecule has 0 unspecified atom stereocenters. The van der Waals surface area contributed by atoms with Gasteiger partial charge in [-0.3, -0.25) is 14.9 Å². The second kappa shape index (κ2) is 6.38. The van der Waals surface area contributed by atoms with Crippen molar-refractivity contribution >= 4 is 10.0 Å². The molecular formula is C15H15N5O3S. The Hall–Kier alpha value is -2.78. The second-order valence-electron chi connectivity index (χ2n) is 5.18. The van der Waals surface area contributed by atoms with Crippen molar-refractivity contribution < 1.29 is 8.42 Å². The van der Waals surface area contributed by atoms with Gasteiger partial charge in [0.1, 0.15) is 0 Å². The van der Waals surface area contributed by atoms with Crippen LogP contribution >= 0.6 is 0 Å². The van der Waals surface area contributed by atoms with Crippen LogP contribution in [-0.2, 0) is 16.6 Å². The van der Waals surface area contributed by atoms with Gasteiger partial charge in [0, 0.05) is 36.9 Å². The highest BCUT2D eigenvalue weighted by Gasteiger charge is 2.11. The number of pyridine rings is 2. The summed E-state index contributed by atoms with van der Waals surface area (Å²) in [5.74, 6) is 0.378. The molecule has 0 aromatic carbocycles. The standard InChI is InChI=1S/C15H15N5O3S/c1-24(22,23)19-8-11-4-6-17-14(7-11)20-15(21)13(10-18-20)12-3-2-5-16-9-12/h2-7,9-10,18-19H,8H2,1H3. The molecule has 8 nitrogen and oxygen atoms in total. The van der Waals surface area contributed by atoms with Gasteiger partial charge in [0.15, 0.2) is 5.82 Å². The molecule has 3 aromatic rings. The van der Waals surface area contributed by atoms with E-state index in [1.807, 2.05) is 0 Å². The number of hydrogen-bond donors (Lipinski definition) is 2. The van der Waals surface area contributed by atoms with Crippen LogP contribution < -0.4 is 10.3 Å². The number of rotatable bonds is 5. The van der Waals surface area contributed by atoms with Crippen LogP contribution in [-0.4, -0.2) is 34.4 Å². The second-order valence-corrected chi connectivity index (χ2v) is 7.02. The maximum Gasteiger partial charge on any atom is 0.280 e. The molecule has 3 heterocycles. The summed E-state index contributed by atoms with van der Waals surface area (Å²) in [6.07, 6.45) is 7.43. The number of nitrogens with one attached hydrogen (secondary N) is 2. The first-order chi connectivity index (χ1) is 11.4. The van der Waals surface area contributed by atoms with Crippen molar-refractivity contribution in [3.63, 3.8) is 0 Å². The van der Waals surface area contributed by atoms with Gasteiger partial charge >= 0.3 is 0 Å². The molecule has 3 rings (SSSR count). The number of sulfonamides is 1. The molecule has 0 saturated heterocycles. The number of hydrogen-bond acceptors (Lipinski definition) is 5. The van der Waals surface area contributed by atoms with Gasteiger partial charge in [-0.05, 0) is 23.8 Å². The van der Waals surface area contributed by atoms with Gasteiger partial charge in [-0.25, -0.2) is 22.8 Å². The molecule has 3 aromatic heterocycles. The molecule has 0 radical (unpaired) electrons. The molecule has 0 saturated carbocycles. The third kappa shape index (κ3) is 3.58. The average molecular weight is 345 g/mol. The summed E-state index contributed by atoms with van der Waals surface area (Å²) in [6, 6.07) is 6.87. The maximum absolute atomic E-state index is 12.6. The fourth-order valence-corrected chi connectivity index (χ4v) is 2.61. The molecule has 124 valence electrons. The van der Waals surface area contributed by atoms with E-state index in [1.54, 1.807) is 42.9 Å². The van der Waals surface area contributed by atoms with Gasteiger partial charge in [-0.1, -0.05) is 6.07 Å². The summed E-state index contributed by atoms with van der Waals surface area (Å²) in [5.41, 5.74) is 1.61. The molecule has 0 spiro atoms. The Labute approximate surface area is 138 Å². The van der Waals surface area contributed by atoms with E-state index < -0.39 is 10.0 Å². The highest BCUT2D eigenvalue weighted by Crippen LogP contribution is 2.13. The summed E-state index contributed by atoms with van der Waals surface area (Å²) < 4.78 is 26.1. The minimum atomic E-state index is -3.29. The molecule has 2 N–H and O–H groups in total. The Morgan fingerprint density at radius 1 is 1.29 bits per heavy atom. The summed E-state index contributed by atoms with van der Waals surface area (Å²) in [7, 11) is -3.29. The van der Waals surface area contributed by atoms with Crippen molar-refractivity contribution in [1.29, 1.82) is 0 Å². The average Bonchev–Trinajstić information content (AvgIpc) is 2.95. The first-order valence-electron chi connectivity index (χ1n) is 7.05. The largest absolute Gasteiger partial charge is 0.296 e. The molecule has 0 atom stereocenters. The molecule has 0 bridgehead atoms. The molecule has 0 fully saturated rings. The molecule has 0 amide bonds. The first kappa shape index (κ1) is 16.1. The molecule has 0 aliphatic rings. The van der Waals surface area contributed by atoms with Crippen LogP contribution in [0, 0.1) is 0 Å². The summed E-state index contributed by atoms with van der Waals surface area (Å²) in [6.45, 7) is 0.124. The summed E-state index contributed by atoms with van der Waals surface area (Å²) >= 11 is 0. The minimum absolute atomic E-state index is 0.124. The van der Waals surface area contributed by atoms with Crippen molar-refractivity contribution in [3.05, 3.63) is 65.0 Å². The Morgan fingerprint density at radius 3 is 2.83 bits per heavy atom. The third-order valence-electron chi connectivity index (χ3n) is 3.32. The fourth-order valence-electron chi connectivity index (χ4n) is 2.18. The van der Waals surface area contributed by atoms with E-state index >= 15 is 0 Å². The summed E-state index contributed by atoms with van der Waals surface area (Å²) in [4.78, 5) is 20.7. The zero-order valence-corrected chi connectivity index (χ0v) is 13.6. The lowest BCUT2D eigenvalue weighted by Gasteiger charge is -2.05. The predicted octanol–water partition coefficient (Wildman–Crippen LogP) is 0.672. The Morgan fingerprint density at radius 2 is 2.12 bits per heavy atom. The normalized spacial score (nSPS) is 11.5. The SMILES string of the molecule is CS(=O)(=O)NCc1ccnc(-n2[nH]cc(-c3cccnc3)c2=O)c1. The Balaban J connectivity index is 1.93. The lowest BCUT2D eigenvalue weighted by atomic mass is 10.2. The fraction of sp³-hybridized carbons (Fsp3) is 0.133. The predicted molar refractivity (Wildman–Crippen MR) is 89.1 cm³/mol. The lowest BCUT2D eigenvalue weighted by molar-refractivity contribution is 0.587. The van der Waals surface area contributed by atoms with Gasteiger partial charge < -0.3 is 0 Å². The van der Waals surface area contributed by atoms with Crippen LogP contribution in [0.3, 0.4) is 0 Å². The van der Waals surface area contributed by atoms with Crippen LogP contribution in [0.25, 0.3) is 16.9 Å². The minimum Gasteiger partial charge on any atom is -0.296 e. The van der Waals surface area contributed by atoms with Crippen LogP contribution in [0.4, 0.5) is 0 Å². The van der Waals surface area contributed by atoms with E-state index in [4.69, 9.17) is 0 Å². The van der Waals surface area contributed by atoms with Crippen molar-refractivity contribution in [2.75, 3.05) is 6.26 Å². The maximum atomic E-state index is 12.6. The van der Waals surface area contributed by atoms with E-state index in [9.17, 15) is 13.2 Å². The van der Waals surface area contributed by atoms with E-state index in [1.165, 1.54) is 10.9 Å². The first-order valence-corrected chi connectivity index (χ1v) is 8.94. The molecular weight excluding hydrogens is 330 g/mol. The van der Waals surface area contributed by atoms with Gasteiger partial charge in [0.05, 0.1) is 11.8 Å². The smallest absolute Gasteiger partial charge is 0.280 e. The topological polar surface area (TPSA) is 110 Å². The van der Waals surface area contributed by atoms with Crippen molar-refractivity contribution in [3.8, 4) is 16.9 Å². The third-order valence-corrected chi connectivity index (χ3v) is 3.99. The number of aromatic amines is 1. The van der Waals surface area contributed by atoms with E-state index in [-0.39, 0.29) is 12.1 Å².